The molecule has 0 unspecified atom stereocenters. The summed E-state index contributed by atoms with van der Waals surface area (Å²) in [7, 11) is 2.54. The zero-order chi connectivity index (χ0) is 14.4. The van der Waals surface area contributed by atoms with Gasteiger partial charge in [0.2, 0.25) is 0 Å². The SMILES string of the molecule is COC(=O)[C@@H]1NC(=O)N2[C@@H]1SC(C)(C)[C@H]2C(=O)OC. The number of amides is 2. The van der Waals surface area contributed by atoms with E-state index in [4.69, 9.17) is 4.74 Å². The van der Waals surface area contributed by atoms with Gasteiger partial charge in [-0.1, -0.05) is 0 Å². The molecular formula is C11H16N2O5S. The molecule has 8 heteroatoms. The second-order valence-electron chi connectivity index (χ2n) is 4.90. The summed E-state index contributed by atoms with van der Waals surface area (Å²) in [6.07, 6.45) is 0. The first kappa shape index (κ1) is 14.0. The van der Waals surface area contributed by atoms with E-state index in [1.807, 2.05) is 13.8 Å². The molecule has 0 saturated carbocycles. The predicted molar refractivity (Wildman–Crippen MR) is 67.4 cm³/mol. The van der Waals surface area contributed by atoms with E-state index in [9.17, 15) is 14.4 Å². The summed E-state index contributed by atoms with van der Waals surface area (Å²) >= 11 is 1.39. The van der Waals surface area contributed by atoms with E-state index in [-0.39, 0.29) is 0 Å². The molecule has 0 aliphatic carbocycles. The number of urea groups is 1. The first-order chi connectivity index (χ1) is 8.83. The van der Waals surface area contributed by atoms with Gasteiger partial charge in [-0.2, -0.15) is 0 Å². The van der Waals surface area contributed by atoms with Gasteiger partial charge >= 0.3 is 18.0 Å². The molecule has 106 valence electrons. The number of fused-ring (bicyclic) bond motifs is 1. The summed E-state index contributed by atoms with van der Waals surface area (Å²) in [6.45, 7) is 3.69. The Labute approximate surface area is 115 Å². The third-order valence-electron chi connectivity index (χ3n) is 3.31. The van der Waals surface area contributed by atoms with Crippen molar-refractivity contribution >= 4 is 29.7 Å². The zero-order valence-corrected chi connectivity index (χ0v) is 11.9. The van der Waals surface area contributed by atoms with Crippen LogP contribution in [0.15, 0.2) is 0 Å². The van der Waals surface area contributed by atoms with E-state index in [2.05, 4.69) is 10.1 Å². The smallest absolute Gasteiger partial charge is 0.331 e. The molecule has 2 heterocycles. The number of rotatable bonds is 2. The third kappa shape index (κ3) is 2.03. The molecule has 2 aliphatic heterocycles. The minimum absolute atomic E-state index is 0.450. The number of nitrogens with one attached hydrogen (secondary N) is 1. The second-order valence-corrected chi connectivity index (χ2v) is 6.67. The largest absolute Gasteiger partial charge is 0.467 e. The van der Waals surface area contributed by atoms with Crippen molar-refractivity contribution in [1.29, 1.82) is 0 Å². The van der Waals surface area contributed by atoms with Crippen molar-refractivity contribution in [1.82, 2.24) is 10.2 Å². The number of nitrogens with zero attached hydrogens (tertiary/aromatic N) is 1. The van der Waals surface area contributed by atoms with Crippen LogP contribution in [0.2, 0.25) is 0 Å². The van der Waals surface area contributed by atoms with Crippen molar-refractivity contribution in [2.45, 2.75) is 36.1 Å². The van der Waals surface area contributed by atoms with Crippen molar-refractivity contribution in [2.24, 2.45) is 0 Å². The summed E-state index contributed by atoms with van der Waals surface area (Å²) in [5.74, 6) is -1.00. The molecule has 0 aromatic rings. The monoisotopic (exact) mass is 288 g/mol. The first-order valence-electron chi connectivity index (χ1n) is 5.75. The summed E-state index contributed by atoms with van der Waals surface area (Å²) < 4.78 is 8.90. The molecule has 0 bridgehead atoms. The van der Waals surface area contributed by atoms with Gasteiger partial charge in [-0.05, 0) is 13.8 Å². The quantitative estimate of drug-likeness (QED) is 0.717. The van der Waals surface area contributed by atoms with E-state index in [1.54, 1.807) is 0 Å². The maximum atomic E-state index is 12.0. The molecule has 19 heavy (non-hydrogen) atoms. The fourth-order valence-corrected chi connectivity index (χ4v) is 4.07. The minimum Gasteiger partial charge on any atom is -0.467 e. The maximum Gasteiger partial charge on any atom is 0.331 e. The summed E-state index contributed by atoms with van der Waals surface area (Å²) in [5.41, 5.74) is 0. The van der Waals surface area contributed by atoms with Crippen LogP contribution in [0.4, 0.5) is 4.79 Å². The molecule has 0 aromatic carbocycles. The lowest BCUT2D eigenvalue weighted by atomic mass is 10.0. The fourth-order valence-electron chi connectivity index (χ4n) is 2.47. The average molecular weight is 288 g/mol. The average Bonchev–Trinajstić information content (AvgIpc) is 2.80. The number of methoxy groups -OCH3 is 2. The van der Waals surface area contributed by atoms with Gasteiger partial charge in [-0.25, -0.2) is 14.4 Å². The van der Waals surface area contributed by atoms with Gasteiger partial charge in [0.25, 0.3) is 0 Å². The molecule has 2 fully saturated rings. The first-order valence-corrected chi connectivity index (χ1v) is 6.63. The van der Waals surface area contributed by atoms with Crippen LogP contribution in [-0.2, 0) is 19.1 Å². The predicted octanol–water partition coefficient (Wildman–Crippen LogP) is -0.0537. The van der Waals surface area contributed by atoms with Crippen LogP contribution in [0.3, 0.4) is 0 Å². The molecule has 7 nitrogen and oxygen atoms in total. The Kier molecular flexibility index (Phi) is 3.38. The number of ether oxygens (including phenoxy) is 2. The lowest BCUT2D eigenvalue weighted by molar-refractivity contribution is -0.147. The van der Waals surface area contributed by atoms with Crippen LogP contribution in [-0.4, -0.2) is 59.3 Å². The van der Waals surface area contributed by atoms with E-state index >= 15 is 0 Å². The Morgan fingerprint density at radius 2 is 1.84 bits per heavy atom. The van der Waals surface area contributed by atoms with Gasteiger partial charge in [-0.15, -0.1) is 11.8 Å². The Morgan fingerprint density at radius 1 is 1.26 bits per heavy atom. The lowest BCUT2D eigenvalue weighted by Crippen LogP contribution is -2.49. The van der Waals surface area contributed by atoms with Crippen molar-refractivity contribution in [3.05, 3.63) is 0 Å². The summed E-state index contributed by atoms with van der Waals surface area (Å²) in [6, 6.07) is -1.94. The fraction of sp³-hybridized carbons (Fsp3) is 0.727. The Bertz CT molecular complexity index is 439. The Balaban J connectivity index is 2.34. The van der Waals surface area contributed by atoms with Crippen molar-refractivity contribution in [3.8, 4) is 0 Å². The lowest BCUT2D eigenvalue weighted by Gasteiger charge is -2.27. The highest BCUT2D eigenvalue weighted by Gasteiger charge is 2.61. The second kappa shape index (κ2) is 4.59. The van der Waals surface area contributed by atoms with E-state index in [0.717, 1.165) is 0 Å². The molecule has 0 spiro atoms. The van der Waals surface area contributed by atoms with Gasteiger partial charge in [0.15, 0.2) is 6.04 Å². The molecule has 2 rings (SSSR count). The zero-order valence-electron chi connectivity index (χ0n) is 11.1. The van der Waals surface area contributed by atoms with Gasteiger partial charge in [0.05, 0.1) is 14.2 Å². The van der Waals surface area contributed by atoms with Gasteiger partial charge in [0, 0.05) is 4.75 Å². The molecule has 2 amide bonds. The Morgan fingerprint density at radius 3 is 2.37 bits per heavy atom. The van der Waals surface area contributed by atoms with Crippen molar-refractivity contribution in [3.63, 3.8) is 0 Å². The number of carbonyl (C=O) groups excluding carboxylic acids is 3. The van der Waals surface area contributed by atoms with Crippen LogP contribution in [0.5, 0.6) is 0 Å². The summed E-state index contributed by atoms with van der Waals surface area (Å²) in [4.78, 5) is 36.9. The standard InChI is InChI=1S/C11H16N2O5S/c1-11(2)6(9(15)18-4)13-7(19-11)5(8(14)17-3)12-10(13)16/h5-7H,1-4H3,(H,12,16)/t5-,6-,7-/m1/s1. The molecule has 3 atom stereocenters. The van der Waals surface area contributed by atoms with Crippen LogP contribution in [0, 0.1) is 0 Å². The molecule has 2 saturated heterocycles. The number of hydrogen-bond acceptors (Lipinski definition) is 6. The highest BCUT2D eigenvalue weighted by molar-refractivity contribution is 8.01. The van der Waals surface area contributed by atoms with E-state index in [1.165, 1.54) is 30.9 Å². The topological polar surface area (TPSA) is 84.9 Å². The summed E-state index contributed by atoms with van der Waals surface area (Å²) in [5, 5.41) is 2.08. The van der Waals surface area contributed by atoms with E-state index < -0.39 is 40.2 Å². The molecule has 2 aliphatic rings. The molecular weight excluding hydrogens is 272 g/mol. The van der Waals surface area contributed by atoms with Crippen LogP contribution in [0.25, 0.3) is 0 Å². The van der Waals surface area contributed by atoms with E-state index in [0.29, 0.717) is 0 Å². The highest BCUT2D eigenvalue weighted by Crippen LogP contribution is 2.48. The van der Waals surface area contributed by atoms with Crippen LogP contribution < -0.4 is 5.32 Å². The normalized spacial score (nSPS) is 31.7. The van der Waals surface area contributed by atoms with Crippen LogP contribution >= 0.6 is 11.8 Å². The van der Waals surface area contributed by atoms with Gasteiger partial charge < -0.3 is 14.8 Å². The number of hydrogen-bond donors (Lipinski definition) is 1. The molecule has 0 aromatic heterocycles. The van der Waals surface area contributed by atoms with Crippen LogP contribution in [0.1, 0.15) is 13.8 Å². The molecule has 0 radical (unpaired) electrons. The van der Waals surface area contributed by atoms with Crippen molar-refractivity contribution < 1.29 is 23.9 Å². The third-order valence-corrected chi connectivity index (χ3v) is 4.89. The van der Waals surface area contributed by atoms with Gasteiger partial charge in [-0.3, -0.25) is 4.90 Å². The number of thioether (sulfide) groups is 1. The van der Waals surface area contributed by atoms with Gasteiger partial charge in [0.1, 0.15) is 11.4 Å². The number of esters is 2. The Hall–Kier alpha value is -1.44. The number of carbonyl (C=O) groups is 3. The maximum absolute atomic E-state index is 12.0. The van der Waals surface area contributed by atoms with Crippen molar-refractivity contribution in [2.75, 3.05) is 14.2 Å². The minimum atomic E-state index is -0.767. The highest BCUT2D eigenvalue weighted by atomic mass is 32.2. The molecule has 1 N–H and O–H groups in total.